The summed E-state index contributed by atoms with van der Waals surface area (Å²) in [5.74, 6) is 0.788. The van der Waals surface area contributed by atoms with Crippen LogP contribution in [0.2, 0.25) is 0 Å². The lowest BCUT2D eigenvalue weighted by Gasteiger charge is -2.05. The molecular weight excluding hydrogens is 186 g/mol. The SMILES string of the molecule is CNc1cncc(-c2ccccc2C)n1. The minimum Gasteiger partial charge on any atom is -0.372 e. The summed E-state index contributed by atoms with van der Waals surface area (Å²) in [6.45, 7) is 2.07. The number of anilines is 1. The summed E-state index contributed by atoms with van der Waals surface area (Å²) in [6, 6.07) is 8.16. The Morgan fingerprint density at radius 1 is 1.13 bits per heavy atom. The second-order valence-corrected chi connectivity index (χ2v) is 3.35. The van der Waals surface area contributed by atoms with Crippen LogP contribution in [0.15, 0.2) is 36.7 Å². The van der Waals surface area contributed by atoms with Gasteiger partial charge < -0.3 is 5.32 Å². The fourth-order valence-electron chi connectivity index (χ4n) is 1.48. The molecule has 0 fully saturated rings. The van der Waals surface area contributed by atoms with E-state index in [-0.39, 0.29) is 0 Å². The van der Waals surface area contributed by atoms with Gasteiger partial charge in [0, 0.05) is 12.6 Å². The van der Waals surface area contributed by atoms with Crippen molar-refractivity contribution in [3.63, 3.8) is 0 Å². The molecule has 2 aromatic rings. The summed E-state index contributed by atoms with van der Waals surface area (Å²) in [6.07, 6.45) is 3.49. The predicted octanol–water partition coefficient (Wildman–Crippen LogP) is 2.49. The van der Waals surface area contributed by atoms with Crippen molar-refractivity contribution in [2.45, 2.75) is 6.92 Å². The first kappa shape index (κ1) is 9.65. The van der Waals surface area contributed by atoms with Crippen molar-refractivity contribution in [2.24, 2.45) is 0 Å². The molecule has 0 spiro atoms. The minimum atomic E-state index is 0.788. The first-order valence-electron chi connectivity index (χ1n) is 4.87. The van der Waals surface area contributed by atoms with Gasteiger partial charge in [0.15, 0.2) is 0 Å². The van der Waals surface area contributed by atoms with Crippen LogP contribution >= 0.6 is 0 Å². The van der Waals surface area contributed by atoms with Crippen molar-refractivity contribution < 1.29 is 0 Å². The van der Waals surface area contributed by atoms with E-state index in [4.69, 9.17) is 0 Å². The van der Waals surface area contributed by atoms with E-state index < -0.39 is 0 Å². The maximum absolute atomic E-state index is 4.45. The van der Waals surface area contributed by atoms with Gasteiger partial charge in [-0.25, -0.2) is 4.98 Å². The van der Waals surface area contributed by atoms with E-state index in [0.717, 1.165) is 17.1 Å². The lowest BCUT2D eigenvalue weighted by molar-refractivity contribution is 1.19. The number of hydrogen-bond acceptors (Lipinski definition) is 3. The Balaban J connectivity index is 2.49. The van der Waals surface area contributed by atoms with Crippen LogP contribution < -0.4 is 5.32 Å². The van der Waals surface area contributed by atoms with Gasteiger partial charge in [0.25, 0.3) is 0 Å². The zero-order valence-corrected chi connectivity index (χ0v) is 8.86. The largest absolute Gasteiger partial charge is 0.372 e. The van der Waals surface area contributed by atoms with Gasteiger partial charge >= 0.3 is 0 Å². The van der Waals surface area contributed by atoms with Crippen molar-refractivity contribution in [1.82, 2.24) is 9.97 Å². The highest BCUT2D eigenvalue weighted by atomic mass is 15.0. The van der Waals surface area contributed by atoms with Crippen molar-refractivity contribution in [3.05, 3.63) is 42.2 Å². The molecule has 0 bridgehead atoms. The van der Waals surface area contributed by atoms with Crippen molar-refractivity contribution >= 4 is 5.82 Å². The molecule has 1 aromatic carbocycles. The topological polar surface area (TPSA) is 37.8 Å². The van der Waals surface area contributed by atoms with E-state index >= 15 is 0 Å². The summed E-state index contributed by atoms with van der Waals surface area (Å²) in [5, 5.41) is 2.98. The third kappa shape index (κ3) is 1.96. The van der Waals surface area contributed by atoms with Gasteiger partial charge in [-0.05, 0) is 12.5 Å². The maximum Gasteiger partial charge on any atom is 0.144 e. The average Bonchev–Trinajstić information content (AvgIpc) is 2.30. The Morgan fingerprint density at radius 3 is 2.67 bits per heavy atom. The molecule has 0 atom stereocenters. The molecule has 0 aliphatic heterocycles. The van der Waals surface area contributed by atoms with Crippen LogP contribution in [-0.2, 0) is 0 Å². The standard InChI is InChI=1S/C12H13N3/c1-9-5-3-4-6-10(9)11-7-14-8-12(13-2)15-11/h3-8H,1-2H3,(H,13,15). The molecule has 0 radical (unpaired) electrons. The minimum absolute atomic E-state index is 0.788. The number of rotatable bonds is 2. The smallest absolute Gasteiger partial charge is 0.144 e. The van der Waals surface area contributed by atoms with Crippen LogP contribution in [0.5, 0.6) is 0 Å². The average molecular weight is 199 g/mol. The monoisotopic (exact) mass is 199 g/mol. The summed E-state index contributed by atoms with van der Waals surface area (Å²) in [5.41, 5.74) is 3.24. The second kappa shape index (κ2) is 4.09. The van der Waals surface area contributed by atoms with E-state index in [2.05, 4.69) is 34.3 Å². The molecule has 0 saturated heterocycles. The van der Waals surface area contributed by atoms with Gasteiger partial charge in [-0.1, -0.05) is 24.3 Å². The molecule has 1 aromatic heterocycles. The highest BCUT2D eigenvalue weighted by Crippen LogP contribution is 2.20. The third-order valence-electron chi connectivity index (χ3n) is 2.31. The number of nitrogens with one attached hydrogen (secondary N) is 1. The summed E-state index contributed by atoms with van der Waals surface area (Å²) >= 11 is 0. The highest BCUT2D eigenvalue weighted by molar-refractivity contribution is 5.63. The highest BCUT2D eigenvalue weighted by Gasteiger charge is 2.03. The van der Waals surface area contributed by atoms with Gasteiger partial charge in [0.2, 0.25) is 0 Å². The van der Waals surface area contributed by atoms with Crippen LogP contribution in [-0.4, -0.2) is 17.0 Å². The van der Waals surface area contributed by atoms with E-state index in [1.54, 1.807) is 12.4 Å². The van der Waals surface area contributed by atoms with Crippen LogP contribution in [0, 0.1) is 6.92 Å². The summed E-state index contributed by atoms with van der Waals surface area (Å²) < 4.78 is 0. The van der Waals surface area contributed by atoms with E-state index in [1.165, 1.54) is 5.56 Å². The fourth-order valence-corrected chi connectivity index (χ4v) is 1.48. The molecule has 0 amide bonds. The lowest BCUT2D eigenvalue weighted by atomic mass is 10.1. The third-order valence-corrected chi connectivity index (χ3v) is 2.31. The Morgan fingerprint density at radius 2 is 1.93 bits per heavy atom. The predicted molar refractivity (Wildman–Crippen MR) is 61.8 cm³/mol. The molecule has 0 aliphatic carbocycles. The Hall–Kier alpha value is -1.90. The molecule has 1 heterocycles. The Labute approximate surface area is 89.2 Å². The van der Waals surface area contributed by atoms with Gasteiger partial charge in [-0.2, -0.15) is 0 Å². The van der Waals surface area contributed by atoms with E-state index in [1.807, 2.05) is 19.2 Å². The summed E-state index contributed by atoms with van der Waals surface area (Å²) in [4.78, 5) is 8.60. The number of benzene rings is 1. The molecule has 0 aliphatic rings. The first-order valence-corrected chi connectivity index (χ1v) is 4.87. The van der Waals surface area contributed by atoms with Crippen LogP contribution in [0.25, 0.3) is 11.3 Å². The Kier molecular flexibility index (Phi) is 2.63. The maximum atomic E-state index is 4.45. The van der Waals surface area contributed by atoms with Crippen molar-refractivity contribution in [2.75, 3.05) is 12.4 Å². The van der Waals surface area contributed by atoms with E-state index in [9.17, 15) is 0 Å². The molecule has 15 heavy (non-hydrogen) atoms. The first-order chi connectivity index (χ1) is 7.31. The van der Waals surface area contributed by atoms with Crippen LogP contribution in [0.4, 0.5) is 5.82 Å². The van der Waals surface area contributed by atoms with Crippen molar-refractivity contribution in [3.8, 4) is 11.3 Å². The van der Waals surface area contributed by atoms with Gasteiger partial charge in [0.1, 0.15) is 5.82 Å². The molecule has 1 N–H and O–H groups in total. The normalized spacial score (nSPS) is 10.0. The Bertz CT molecular complexity index is 466. The second-order valence-electron chi connectivity index (χ2n) is 3.35. The fraction of sp³-hybridized carbons (Fsp3) is 0.167. The summed E-state index contributed by atoms with van der Waals surface area (Å²) in [7, 11) is 1.84. The molecule has 2 rings (SSSR count). The number of aryl methyl sites for hydroxylation is 1. The molecule has 76 valence electrons. The van der Waals surface area contributed by atoms with E-state index in [0.29, 0.717) is 0 Å². The van der Waals surface area contributed by atoms with Crippen LogP contribution in [0.3, 0.4) is 0 Å². The number of nitrogens with zero attached hydrogens (tertiary/aromatic N) is 2. The molecule has 0 saturated carbocycles. The molecule has 3 heteroatoms. The van der Waals surface area contributed by atoms with Crippen molar-refractivity contribution in [1.29, 1.82) is 0 Å². The number of hydrogen-bond donors (Lipinski definition) is 1. The van der Waals surface area contributed by atoms with Gasteiger partial charge in [-0.15, -0.1) is 0 Å². The van der Waals surface area contributed by atoms with Gasteiger partial charge in [-0.3, -0.25) is 4.98 Å². The van der Waals surface area contributed by atoms with Crippen LogP contribution in [0.1, 0.15) is 5.56 Å². The molecular formula is C12H13N3. The lowest BCUT2D eigenvalue weighted by Crippen LogP contribution is -1.95. The quantitative estimate of drug-likeness (QED) is 0.807. The molecule has 0 unspecified atom stereocenters. The van der Waals surface area contributed by atoms with Gasteiger partial charge in [0.05, 0.1) is 18.1 Å². The molecule has 3 nitrogen and oxygen atoms in total. The zero-order valence-electron chi connectivity index (χ0n) is 8.86. The number of aromatic nitrogens is 2. The zero-order chi connectivity index (χ0) is 10.7.